The van der Waals surface area contributed by atoms with Gasteiger partial charge >= 0.3 is 0 Å². The summed E-state index contributed by atoms with van der Waals surface area (Å²) < 4.78 is 13.6. The standard InChI is InChI=1S/C13H15FO/c1-3-4-5-9-12(15)11-8-6-7-10(2)13(11)14/h6-8,12,15H,5,9H2,1-2H3. The fourth-order valence-electron chi connectivity index (χ4n) is 1.42. The number of benzene rings is 1. The van der Waals surface area contributed by atoms with Gasteiger partial charge < -0.3 is 5.11 Å². The Bertz CT molecular complexity index is 387. The lowest BCUT2D eigenvalue weighted by Gasteiger charge is -2.11. The first-order chi connectivity index (χ1) is 7.16. The first-order valence-electron chi connectivity index (χ1n) is 4.99. The van der Waals surface area contributed by atoms with Crippen LogP contribution in [0.25, 0.3) is 0 Å². The quantitative estimate of drug-likeness (QED) is 0.754. The number of aryl methyl sites for hydroxylation is 1. The molecule has 80 valence electrons. The molecule has 1 aromatic carbocycles. The van der Waals surface area contributed by atoms with Gasteiger partial charge in [-0.2, -0.15) is 0 Å². The van der Waals surface area contributed by atoms with Crippen molar-refractivity contribution in [2.45, 2.75) is 32.8 Å². The Labute approximate surface area is 89.9 Å². The van der Waals surface area contributed by atoms with Crippen molar-refractivity contribution in [1.82, 2.24) is 0 Å². The highest BCUT2D eigenvalue weighted by Gasteiger charge is 2.12. The van der Waals surface area contributed by atoms with Gasteiger partial charge in [0.05, 0.1) is 6.10 Å². The van der Waals surface area contributed by atoms with Crippen molar-refractivity contribution in [2.75, 3.05) is 0 Å². The molecule has 0 radical (unpaired) electrons. The fraction of sp³-hybridized carbons (Fsp3) is 0.385. The molecular weight excluding hydrogens is 191 g/mol. The second-order valence-electron chi connectivity index (χ2n) is 3.46. The fourth-order valence-corrected chi connectivity index (χ4v) is 1.42. The maximum Gasteiger partial charge on any atom is 0.131 e. The SMILES string of the molecule is CC#CCCC(O)c1cccc(C)c1F. The van der Waals surface area contributed by atoms with E-state index >= 15 is 0 Å². The van der Waals surface area contributed by atoms with E-state index in [9.17, 15) is 9.50 Å². The summed E-state index contributed by atoms with van der Waals surface area (Å²) >= 11 is 0. The van der Waals surface area contributed by atoms with Crippen molar-refractivity contribution in [3.63, 3.8) is 0 Å². The molecule has 2 heteroatoms. The van der Waals surface area contributed by atoms with Gasteiger partial charge in [0.1, 0.15) is 5.82 Å². The summed E-state index contributed by atoms with van der Waals surface area (Å²) in [5.41, 5.74) is 0.932. The van der Waals surface area contributed by atoms with Gasteiger partial charge in [-0.25, -0.2) is 4.39 Å². The number of rotatable bonds is 3. The monoisotopic (exact) mass is 206 g/mol. The topological polar surface area (TPSA) is 20.2 Å². The number of hydrogen-bond acceptors (Lipinski definition) is 1. The van der Waals surface area contributed by atoms with Gasteiger partial charge in [0.2, 0.25) is 0 Å². The molecule has 0 saturated carbocycles. The Morgan fingerprint density at radius 1 is 1.47 bits per heavy atom. The minimum atomic E-state index is -0.759. The molecule has 0 aromatic heterocycles. The molecule has 0 fully saturated rings. The number of hydrogen-bond donors (Lipinski definition) is 1. The van der Waals surface area contributed by atoms with E-state index in [1.54, 1.807) is 32.0 Å². The second-order valence-corrected chi connectivity index (χ2v) is 3.46. The van der Waals surface area contributed by atoms with Crippen LogP contribution in [0.1, 0.15) is 37.0 Å². The molecule has 0 aliphatic heterocycles. The molecule has 1 rings (SSSR count). The maximum absolute atomic E-state index is 13.6. The molecule has 0 spiro atoms. The summed E-state index contributed by atoms with van der Waals surface area (Å²) in [5.74, 6) is 5.29. The van der Waals surface area contributed by atoms with Crippen LogP contribution in [0.2, 0.25) is 0 Å². The van der Waals surface area contributed by atoms with Crippen LogP contribution in [0.5, 0.6) is 0 Å². The number of halogens is 1. The molecule has 1 atom stereocenters. The molecule has 0 aliphatic rings. The van der Waals surface area contributed by atoms with Crippen molar-refractivity contribution < 1.29 is 9.50 Å². The molecule has 0 saturated heterocycles. The molecule has 0 bridgehead atoms. The second kappa shape index (κ2) is 5.53. The Balaban J connectivity index is 2.76. The summed E-state index contributed by atoms with van der Waals surface area (Å²) in [4.78, 5) is 0. The zero-order valence-electron chi connectivity index (χ0n) is 9.05. The van der Waals surface area contributed by atoms with Crippen LogP contribution in [0.15, 0.2) is 18.2 Å². The van der Waals surface area contributed by atoms with Crippen molar-refractivity contribution >= 4 is 0 Å². The minimum absolute atomic E-state index is 0.311. The van der Waals surface area contributed by atoms with E-state index in [0.717, 1.165) is 0 Å². The van der Waals surface area contributed by atoms with E-state index in [-0.39, 0.29) is 5.82 Å². The third-order valence-corrected chi connectivity index (χ3v) is 2.30. The highest BCUT2D eigenvalue weighted by Crippen LogP contribution is 2.22. The minimum Gasteiger partial charge on any atom is -0.388 e. The normalized spacial score (nSPS) is 11.7. The Hall–Kier alpha value is -1.33. The third kappa shape index (κ3) is 3.07. The molecular formula is C13H15FO. The molecule has 1 aromatic rings. The Morgan fingerprint density at radius 3 is 2.87 bits per heavy atom. The average molecular weight is 206 g/mol. The summed E-state index contributed by atoms with van der Waals surface area (Å²) in [7, 11) is 0. The molecule has 1 unspecified atom stereocenters. The van der Waals surface area contributed by atoms with Crippen molar-refractivity contribution in [1.29, 1.82) is 0 Å². The number of aliphatic hydroxyl groups is 1. The third-order valence-electron chi connectivity index (χ3n) is 2.30. The van der Waals surface area contributed by atoms with E-state index in [1.165, 1.54) is 0 Å². The molecule has 1 N–H and O–H groups in total. The first kappa shape index (κ1) is 11.7. The van der Waals surface area contributed by atoms with Gasteiger partial charge in [-0.05, 0) is 25.8 Å². The predicted molar refractivity (Wildman–Crippen MR) is 58.8 cm³/mol. The van der Waals surface area contributed by atoms with E-state index in [2.05, 4.69) is 11.8 Å². The zero-order chi connectivity index (χ0) is 11.3. The molecule has 1 nitrogen and oxygen atoms in total. The lowest BCUT2D eigenvalue weighted by molar-refractivity contribution is 0.164. The summed E-state index contributed by atoms with van der Waals surface area (Å²) in [6, 6.07) is 5.06. The summed E-state index contributed by atoms with van der Waals surface area (Å²) in [5, 5.41) is 9.74. The average Bonchev–Trinajstić information content (AvgIpc) is 2.22. The van der Waals surface area contributed by atoms with Crippen LogP contribution in [-0.4, -0.2) is 5.11 Å². The lowest BCUT2D eigenvalue weighted by Crippen LogP contribution is -2.01. The first-order valence-corrected chi connectivity index (χ1v) is 4.99. The van der Waals surface area contributed by atoms with Gasteiger partial charge in [-0.15, -0.1) is 11.8 Å². The van der Waals surface area contributed by atoms with Crippen LogP contribution in [-0.2, 0) is 0 Å². The van der Waals surface area contributed by atoms with Gasteiger partial charge in [0, 0.05) is 12.0 Å². The molecule has 0 amide bonds. The van der Waals surface area contributed by atoms with E-state index in [0.29, 0.717) is 24.0 Å². The maximum atomic E-state index is 13.6. The van der Waals surface area contributed by atoms with E-state index in [1.807, 2.05) is 0 Å². The van der Waals surface area contributed by atoms with Crippen molar-refractivity contribution in [3.8, 4) is 11.8 Å². The Morgan fingerprint density at radius 2 is 2.20 bits per heavy atom. The van der Waals surface area contributed by atoms with Gasteiger partial charge in [0.15, 0.2) is 0 Å². The van der Waals surface area contributed by atoms with Crippen LogP contribution in [0.3, 0.4) is 0 Å². The molecule has 0 heterocycles. The smallest absolute Gasteiger partial charge is 0.131 e. The molecule has 15 heavy (non-hydrogen) atoms. The molecule has 0 aliphatic carbocycles. The van der Waals surface area contributed by atoms with E-state index in [4.69, 9.17) is 0 Å². The summed E-state index contributed by atoms with van der Waals surface area (Å²) in [6.07, 6.45) is 0.303. The Kier molecular flexibility index (Phi) is 4.33. The van der Waals surface area contributed by atoms with Crippen LogP contribution < -0.4 is 0 Å². The lowest BCUT2D eigenvalue weighted by atomic mass is 10.0. The van der Waals surface area contributed by atoms with Gasteiger partial charge in [-0.3, -0.25) is 0 Å². The summed E-state index contributed by atoms with van der Waals surface area (Å²) in [6.45, 7) is 3.44. The highest BCUT2D eigenvalue weighted by molar-refractivity contribution is 5.26. The highest BCUT2D eigenvalue weighted by atomic mass is 19.1. The van der Waals surface area contributed by atoms with Crippen molar-refractivity contribution in [2.24, 2.45) is 0 Å². The van der Waals surface area contributed by atoms with E-state index < -0.39 is 6.10 Å². The van der Waals surface area contributed by atoms with Gasteiger partial charge in [-0.1, -0.05) is 18.2 Å². The van der Waals surface area contributed by atoms with Gasteiger partial charge in [0.25, 0.3) is 0 Å². The zero-order valence-corrected chi connectivity index (χ0v) is 9.05. The largest absolute Gasteiger partial charge is 0.388 e. The number of aliphatic hydroxyl groups excluding tert-OH is 1. The van der Waals surface area contributed by atoms with Crippen molar-refractivity contribution in [3.05, 3.63) is 35.1 Å². The van der Waals surface area contributed by atoms with Crippen LogP contribution >= 0.6 is 0 Å². The van der Waals surface area contributed by atoms with Crippen LogP contribution in [0.4, 0.5) is 4.39 Å². The van der Waals surface area contributed by atoms with Crippen LogP contribution in [0, 0.1) is 24.6 Å². The predicted octanol–water partition coefficient (Wildman–Crippen LogP) is 2.97.